The monoisotopic (exact) mass is 328 g/mol. The van der Waals surface area contributed by atoms with E-state index in [1.807, 2.05) is 0 Å². The first-order valence-corrected chi connectivity index (χ1v) is 8.27. The molecule has 2 rings (SSSR count). The van der Waals surface area contributed by atoms with E-state index < -0.39 is 0 Å². The molecule has 1 saturated carbocycles. The summed E-state index contributed by atoms with van der Waals surface area (Å²) in [6.45, 7) is 0.773. The minimum atomic E-state index is -0.0261. The second-order valence-electron chi connectivity index (χ2n) is 5.69. The maximum absolute atomic E-state index is 12.0. The number of anilines is 1. The molecule has 1 aromatic carbocycles. The highest BCUT2D eigenvalue weighted by molar-refractivity contribution is 6.35. The van der Waals surface area contributed by atoms with E-state index in [0.29, 0.717) is 28.2 Å². The van der Waals surface area contributed by atoms with Gasteiger partial charge in [-0.15, -0.1) is 0 Å². The van der Waals surface area contributed by atoms with Gasteiger partial charge in [0.05, 0.1) is 10.7 Å². The summed E-state index contributed by atoms with van der Waals surface area (Å²) >= 11 is 12.0. The third kappa shape index (κ3) is 5.17. The molecule has 1 aliphatic carbocycles. The molecule has 1 aromatic rings. The maximum atomic E-state index is 12.0. The van der Waals surface area contributed by atoms with Gasteiger partial charge in [0.15, 0.2) is 0 Å². The van der Waals surface area contributed by atoms with Crippen LogP contribution in [0.1, 0.15) is 38.5 Å². The molecule has 5 heteroatoms. The lowest BCUT2D eigenvalue weighted by molar-refractivity contribution is -0.116. The number of nitrogens with zero attached hydrogens (tertiary/aromatic N) is 1. The molecule has 0 spiro atoms. The smallest absolute Gasteiger partial charge is 0.225 e. The molecule has 21 heavy (non-hydrogen) atoms. The molecular formula is C16H22Cl2N2O. The van der Waals surface area contributed by atoms with E-state index in [-0.39, 0.29) is 5.91 Å². The van der Waals surface area contributed by atoms with Crippen LogP contribution in [-0.2, 0) is 4.79 Å². The van der Waals surface area contributed by atoms with Crippen molar-refractivity contribution in [2.75, 3.05) is 18.9 Å². The molecule has 0 unspecified atom stereocenters. The van der Waals surface area contributed by atoms with Crippen LogP contribution in [0.25, 0.3) is 0 Å². The van der Waals surface area contributed by atoms with Crippen LogP contribution < -0.4 is 5.32 Å². The standard InChI is InChI=1S/C16H22Cl2N2O/c1-20(13-5-3-2-4-6-13)10-9-16(21)19-15-11-12(17)7-8-14(15)18/h7-8,11,13H,2-6,9-10H2,1H3,(H,19,21). The molecule has 1 amide bonds. The predicted molar refractivity (Wildman–Crippen MR) is 89.2 cm³/mol. The normalized spacial score (nSPS) is 16.2. The van der Waals surface area contributed by atoms with E-state index in [9.17, 15) is 4.79 Å². The zero-order valence-electron chi connectivity index (χ0n) is 12.4. The molecule has 1 N–H and O–H groups in total. The van der Waals surface area contributed by atoms with Crippen molar-refractivity contribution < 1.29 is 4.79 Å². The van der Waals surface area contributed by atoms with Crippen LogP contribution in [0.15, 0.2) is 18.2 Å². The number of benzene rings is 1. The fourth-order valence-electron chi connectivity index (χ4n) is 2.79. The zero-order chi connectivity index (χ0) is 15.2. The third-order valence-electron chi connectivity index (χ3n) is 4.09. The van der Waals surface area contributed by atoms with Crippen LogP contribution in [0.4, 0.5) is 5.69 Å². The van der Waals surface area contributed by atoms with Crippen molar-refractivity contribution in [1.29, 1.82) is 0 Å². The van der Waals surface area contributed by atoms with E-state index in [2.05, 4.69) is 17.3 Å². The Bertz CT molecular complexity index is 487. The van der Waals surface area contributed by atoms with Crippen LogP contribution in [0.2, 0.25) is 10.0 Å². The fraction of sp³-hybridized carbons (Fsp3) is 0.562. The molecule has 0 heterocycles. The topological polar surface area (TPSA) is 32.3 Å². The number of rotatable bonds is 5. The summed E-state index contributed by atoms with van der Waals surface area (Å²) in [7, 11) is 2.11. The Balaban J connectivity index is 1.80. The van der Waals surface area contributed by atoms with Crippen LogP contribution in [0.3, 0.4) is 0 Å². The molecule has 0 aromatic heterocycles. The number of hydrogen-bond donors (Lipinski definition) is 1. The van der Waals surface area contributed by atoms with Crippen LogP contribution in [-0.4, -0.2) is 30.4 Å². The molecule has 116 valence electrons. The number of amides is 1. The Morgan fingerprint density at radius 2 is 2.00 bits per heavy atom. The number of nitrogens with one attached hydrogen (secondary N) is 1. The highest BCUT2D eigenvalue weighted by atomic mass is 35.5. The summed E-state index contributed by atoms with van der Waals surface area (Å²) < 4.78 is 0. The highest BCUT2D eigenvalue weighted by Crippen LogP contribution is 2.25. The molecule has 0 aliphatic heterocycles. The second kappa shape index (κ2) is 8.02. The van der Waals surface area contributed by atoms with Crippen molar-refractivity contribution >= 4 is 34.8 Å². The molecule has 1 aliphatic rings. The average molecular weight is 329 g/mol. The first-order valence-electron chi connectivity index (χ1n) is 7.51. The zero-order valence-corrected chi connectivity index (χ0v) is 13.9. The van der Waals surface area contributed by atoms with Gasteiger partial charge in [-0.1, -0.05) is 42.5 Å². The Labute approximate surface area is 136 Å². The Morgan fingerprint density at radius 1 is 1.29 bits per heavy atom. The summed E-state index contributed by atoms with van der Waals surface area (Å²) in [5.41, 5.74) is 0.578. The van der Waals surface area contributed by atoms with Gasteiger partial charge in [-0.3, -0.25) is 4.79 Å². The lowest BCUT2D eigenvalue weighted by atomic mass is 9.94. The van der Waals surface area contributed by atoms with Crippen LogP contribution >= 0.6 is 23.2 Å². The average Bonchev–Trinajstić information content (AvgIpc) is 2.49. The van der Waals surface area contributed by atoms with Crippen molar-refractivity contribution in [2.24, 2.45) is 0 Å². The SMILES string of the molecule is CN(CCC(=O)Nc1cc(Cl)ccc1Cl)C1CCCCC1. The van der Waals surface area contributed by atoms with Gasteiger partial charge >= 0.3 is 0 Å². The molecule has 0 saturated heterocycles. The number of hydrogen-bond acceptors (Lipinski definition) is 2. The lowest BCUT2D eigenvalue weighted by Gasteiger charge is -2.30. The first-order chi connectivity index (χ1) is 10.1. The van der Waals surface area contributed by atoms with Crippen LogP contribution in [0, 0.1) is 0 Å². The number of halogens is 2. The molecular weight excluding hydrogens is 307 g/mol. The second-order valence-corrected chi connectivity index (χ2v) is 6.54. The van der Waals surface area contributed by atoms with E-state index in [4.69, 9.17) is 23.2 Å². The molecule has 1 fully saturated rings. The lowest BCUT2D eigenvalue weighted by Crippen LogP contribution is -2.35. The van der Waals surface area contributed by atoms with E-state index >= 15 is 0 Å². The van der Waals surface area contributed by atoms with Gasteiger partial charge in [0.2, 0.25) is 5.91 Å². The minimum absolute atomic E-state index is 0.0261. The van der Waals surface area contributed by atoms with E-state index in [0.717, 1.165) is 6.54 Å². The highest BCUT2D eigenvalue weighted by Gasteiger charge is 2.18. The van der Waals surface area contributed by atoms with E-state index in [1.165, 1.54) is 32.1 Å². The summed E-state index contributed by atoms with van der Waals surface area (Å²) in [4.78, 5) is 14.3. The third-order valence-corrected chi connectivity index (χ3v) is 4.66. The quantitative estimate of drug-likeness (QED) is 0.857. The largest absolute Gasteiger partial charge is 0.325 e. The predicted octanol–water partition coefficient (Wildman–Crippen LogP) is 4.59. The minimum Gasteiger partial charge on any atom is -0.325 e. The number of carbonyl (C=O) groups is 1. The van der Waals surface area contributed by atoms with Gasteiger partial charge in [0.25, 0.3) is 0 Å². The van der Waals surface area contributed by atoms with Gasteiger partial charge in [0, 0.05) is 24.0 Å². The molecule has 0 atom stereocenters. The van der Waals surface area contributed by atoms with Gasteiger partial charge < -0.3 is 10.2 Å². The van der Waals surface area contributed by atoms with E-state index in [1.54, 1.807) is 18.2 Å². The fourth-order valence-corrected chi connectivity index (χ4v) is 3.13. The van der Waals surface area contributed by atoms with Crippen molar-refractivity contribution in [1.82, 2.24) is 4.90 Å². The van der Waals surface area contributed by atoms with Crippen molar-refractivity contribution in [3.63, 3.8) is 0 Å². The summed E-state index contributed by atoms with van der Waals surface area (Å²) in [5, 5.41) is 3.90. The van der Waals surface area contributed by atoms with Crippen molar-refractivity contribution in [3.05, 3.63) is 28.2 Å². The van der Waals surface area contributed by atoms with Gasteiger partial charge in [-0.05, 0) is 38.1 Å². The maximum Gasteiger partial charge on any atom is 0.225 e. The van der Waals surface area contributed by atoms with Crippen molar-refractivity contribution in [3.8, 4) is 0 Å². The Morgan fingerprint density at radius 3 is 2.71 bits per heavy atom. The molecule has 3 nitrogen and oxygen atoms in total. The first kappa shape index (κ1) is 16.6. The Kier molecular flexibility index (Phi) is 6.34. The van der Waals surface area contributed by atoms with Crippen molar-refractivity contribution in [2.45, 2.75) is 44.6 Å². The number of carbonyl (C=O) groups excluding carboxylic acids is 1. The van der Waals surface area contributed by atoms with Gasteiger partial charge in [-0.2, -0.15) is 0 Å². The summed E-state index contributed by atoms with van der Waals surface area (Å²) in [5.74, 6) is -0.0261. The molecule has 0 bridgehead atoms. The van der Waals surface area contributed by atoms with Crippen LogP contribution in [0.5, 0.6) is 0 Å². The summed E-state index contributed by atoms with van der Waals surface area (Å²) in [6, 6.07) is 5.69. The van der Waals surface area contributed by atoms with Gasteiger partial charge in [0.1, 0.15) is 0 Å². The summed E-state index contributed by atoms with van der Waals surface area (Å²) in [6.07, 6.45) is 6.92. The Hall–Kier alpha value is -0.770. The van der Waals surface area contributed by atoms with Gasteiger partial charge in [-0.25, -0.2) is 0 Å². The molecule has 0 radical (unpaired) electrons.